The van der Waals surface area contributed by atoms with Gasteiger partial charge in [0.05, 0.1) is 40.5 Å². The zero-order chi connectivity index (χ0) is 18.6. The molecule has 3 saturated heterocycles. The number of hydrogen-bond acceptors (Lipinski definition) is 4. The second-order valence-corrected chi connectivity index (χ2v) is 8.44. The molecule has 0 N–H and O–H groups in total. The van der Waals surface area contributed by atoms with Crippen LogP contribution in [0.1, 0.15) is 0 Å². The number of ether oxygens (including phenoxy) is 2. The third-order valence-electron chi connectivity index (χ3n) is 6.12. The molecule has 0 spiro atoms. The maximum atomic E-state index is 12.7. The predicted molar refractivity (Wildman–Crippen MR) is 96.4 cm³/mol. The predicted octanol–water partition coefficient (Wildman–Crippen LogP) is -1.39. The Hall–Kier alpha value is -1.22. The number of nitrogens with zero attached hydrogens (tertiary/aromatic N) is 4. The van der Waals surface area contributed by atoms with Gasteiger partial charge < -0.3 is 28.2 Å². The molecule has 8 heteroatoms. The second kappa shape index (κ2) is 8.21. The Kier molecular flexibility index (Phi) is 6.17. The van der Waals surface area contributed by atoms with Crippen molar-refractivity contribution < 1.29 is 28.0 Å². The van der Waals surface area contributed by atoms with Gasteiger partial charge in [-0.3, -0.25) is 9.59 Å². The lowest BCUT2D eigenvalue weighted by Crippen LogP contribution is -2.61. The molecule has 26 heavy (non-hydrogen) atoms. The monoisotopic (exact) mass is 370 g/mol. The molecular weight excluding hydrogens is 336 g/mol. The van der Waals surface area contributed by atoms with Crippen LogP contribution in [-0.2, 0) is 19.1 Å². The van der Waals surface area contributed by atoms with Gasteiger partial charge in [-0.1, -0.05) is 0 Å². The summed E-state index contributed by atoms with van der Waals surface area (Å²) in [6.45, 7) is 10.1. The average molecular weight is 370 g/mol. The minimum absolute atomic E-state index is 0.202. The first-order valence-corrected chi connectivity index (χ1v) is 9.77. The minimum Gasteiger partial charge on any atom is -0.370 e. The fourth-order valence-corrected chi connectivity index (χ4v) is 3.94. The third-order valence-corrected chi connectivity index (χ3v) is 6.12. The van der Waals surface area contributed by atoms with E-state index in [0.717, 1.165) is 61.6 Å². The van der Waals surface area contributed by atoms with Crippen LogP contribution in [-0.4, -0.2) is 137 Å². The van der Waals surface area contributed by atoms with Crippen LogP contribution in [0.2, 0.25) is 0 Å². The van der Waals surface area contributed by atoms with E-state index in [0.29, 0.717) is 39.3 Å². The molecule has 2 amide bonds. The van der Waals surface area contributed by atoms with Crippen molar-refractivity contribution in [2.45, 2.75) is 0 Å². The number of carbonyl (C=O) groups is 2. The molecule has 3 heterocycles. The Morgan fingerprint density at radius 1 is 0.692 bits per heavy atom. The molecule has 0 saturated carbocycles. The zero-order valence-corrected chi connectivity index (χ0v) is 16.3. The molecule has 0 aliphatic carbocycles. The zero-order valence-electron chi connectivity index (χ0n) is 16.3. The van der Waals surface area contributed by atoms with Gasteiger partial charge in [0.25, 0.3) is 11.8 Å². The van der Waals surface area contributed by atoms with Crippen molar-refractivity contribution in [3.8, 4) is 0 Å². The van der Waals surface area contributed by atoms with Crippen LogP contribution in [0.3, 0.4) is 0 Å². The van der Waals surface area contributed by atoms with Gasteiger partial charge in [0.15, 0.2) is 13.1 Å². The highest BCUT2D eigenvalue weighted by Gasteiger charge is 2.34. The molecule has 8 nitrogen and oxygen atoms in total. The summed E-state index contributed by atoms with van der Waals surface area (Å²) in [6, 6.07) is 0. The fraction of sp³-hybridized carbons (Fsp3) is 0.889. The third kappa shape index (κ3) is 4.94. The maximum absolute atomic E-state index is 12.7. The fourth-order valence-electron chi connectivity index (χ4n) is 3.94. The van der Waals surface area contributed by atoms with Crippen molar-refractivity contribution in [1.29, 1.82) is 0 Å². The summed E-state index contributed by atoms with van der Waals surface area (Å²) >= 11 is 0. The number of hydrogen-bond donors (Lipinski definition) is 0. The normalized spacial score (nSPS) is 25.8. The van der Waals surface area contributed by atoms with Gasteiger partial charge >= 0.3 is 0 Å². The van der Waals surface area contributed by atoms with Crippen LogP contribution in [0.25, 0.3) is 0 Å². The average Bonchev–Trinajstić information content (AvgIpc) is 2.62. The lowest BCUT2D eigenvalue weighted by Gasteiger charge is -2.41. The highest BCUT2D eigenvalue weighted by molar-refractivity contribution is 5.79. The van der Waals surface area contributed by atoms with Crippen LogP contribution < -0.4 is 0 Å². The first-order valence-electron chi connectivity index (χ1n) is 9.77. The molecule has 3 rings (SSSR count). The van der Waals surface area contributed by atoms with E-state index in [1.54, 1.807) is 0 Å². The van der Waals surface area contributed by atoms with E-state index in [1.165, 1.54) is 0 Å². The lowest BCUT2D eigenvalue weighted by atomic mass is 10.2. The first-order chi connectivity index (χ1) is 12.4. The molecule has 3 aliphatic heterocycles. The Bertz CT molecular complexity index is 461. The van der Waals surface area contributed by atoms with Crippen molar-refractivity contribution in [1.82, 2.24) is 9.80 Å². The number of morpholine rings is 2. The molecule has 0 atom stereocenters. The van der Waals surface area contributed by atoms with E-state index in [2.05, 4.69) is 14.1 Å². The number of quaternary nitrogens is 2. The molecule has 0 aromatic heterocycles. The topological polar surface area (TPSA) is 59.1 Å². The Morgan fingerprint density at radius 3 is 1.31 bits per heavy atom. The molecule has 148 valence electrons. The van der Waals surface area contributed by atoms with E-state index in [9.17, 15) is 9.59 Å². The summed E-state index contributed by atoms with van der Waals surface area (Å²) in [5.74, 6) is 0.405. The highest BCUT2D eigenvalue weighted by Crippen LogP contribution is 2.12. The standard InChI is InChI=1S/C18H34N4O4/c1-21(7-11-25-12-8-21)15-17(23)19-3-5-20(6-4-19)18(24)16-22(2)9-13-26-14-10-22/h3-16H2,1-2H3/q+2. The van der Waals surface area contributed by atoms with Gasteiger partial charge in [0.1, 0.15) is 26.2 Å². The second-order valence-electron chi connectivity index (χ2n) is 8.44. The van der Waals surface area contributed by atoms with Crippen molar-refractivity contribution in [3.05, 3.63) is 0 Å². The van der Waals surface area contributed by atoms with Crippen molar-refractivity contribution in [3.63, 3.8) is 0 Å². The van der Waals surface area contributed by atoms with Gasteiger partial charge in [-0.05, 0) is 0 Å². The summed E-state index contributed by atoms with van der Waals surface area (Å²) in [5.41, 5.74) is 0. The molecule has 3 aliphatic rings. The number of likely N-dealkylation sites (N-methyl/N-ethyl adjacent to an activating group) is 2. The molecule has 0 bridgehead atoms. The van der Waals surface area contributed by atoms with E-state index in [1.807, 2.05) is 9.80 Å². The Morgan fingerprint density at radius 2 is 1.00 bits per heavy atom. The summed E-state index contributed by atoms with van der Waals surface area (Å²) < 4.78 is 12.3. The number of amides is 2. The highest BCUT2D eigenvalue weighted by atomic mass is 16.5. The molecule has 0 unspecified atom stereocenters. The van der Waals surface area contributed by atoms with Crippen molar-refractivity contribution in [2.75, 3.05) is 106 Å². The quantitative estimate of drug-likeness (QED) is 0.572. The van der Waals surface area contributed by atoms with Crippen LogP contribution in [0.4, 0.5) is 0 Å². The van der Waals surface area contributed by atoms with Gasteiger partial charge in [-0.15, -0.1) is 0 Å². The summed E-state index contributed by atoms with van der Waals surface area (Å²) in [6.07, 6.45) is 0. The number of carbonyl (C=O) groups excluding carboxylic acids is 2. The molecule has 0 aromatic rings. The number of rotatable bonds is 4. The van der Waals surface area contributed by atoms with Gasteiger partial charge in [0.2, 0.25) is 0 Å². The molecule has 0 radical (unpaired) electrons. The van der Waals surface area contributed by atoms with E-state index < -0.39 is 0 Å². The molecule has 0 aromatic carbocycles. The minimum atomic E-state index is 0.202. The smallest absolute Gasteiger partial charge is 0.277 e. The first kappa shape index (κ1) is 19.5. The summed E-state index contributed by atoms with van der Waals surface area (Å²) in [7, 11) is 4.26. The number of piperazine rings is 1. The van der Waals surface area contributed by atoms with Crippen LogP contribution in [0.15, 0.2) is 0 Å². The van der Waals surface area contributed by atoms with Crippen LogP contribution >= 0.6 is 0 Å². The van der Waals surface area contributed by atoms with Gasteiger partial charge in [-0.25, -0.2) is 0 Å². The van der Waals surface area contributed by atoms with Crippen LogP contribution in [0.5, 0.6) is 0 Å². The summed E-state index contributed by atoms with van der Waals surface area (Å²) in [5, 5.41) is 0. The lowest BCUT2D eigenvalue weighted by molar-refractivity contribution is -0.909. The van der Waals surface area contributed by atoms with Gasteiger partial charge in [-0.2, -0.15) is 0 Å². The van der Waals surface area contributed by atoms with Crippen molar-refractivity contribution in [2.24, 2.45) is 0 Å². The largest absolute Gasteiger partial charge is 0.370 e. The SMILES string of the molecule is C[N+]1(CC(=O)N2CCN(C(=O)C[N+]3(C)CCOCC3)CC2)CCOCC1. The van der Waals surface area contributed by atoms with Gasteiger partial charge in [0, 0.05) is 26.2 Å². The molecule has 3 fully saturated rings. The van der Waals surface area contributed by atoms with Crippen LogP contribution in [0, 0.1) is 0 Å². The maximum Gasteiger partial charge on any atom is 0.277 e. The molecular formula is C18H34N4O4+2. The van der Waals surface area contributed by atoms with E-state index in [4.69, 9.17) is 9.47 Å². The Balaban J connectivity index is 1.44. The van der Waals surface area contributed by atoms with Crippen molar-refractivity contribution >= 4 is 11.8 Å². The Labute approximate surface area is 156 Å². The van der Waals surface area contributed by atoms with E-state index in [-0.39, 0.29) is 11.8 Å². The summed E-state index contributed by atoms with van der Waals surface area (Å²) in [4.78, 5) is 29.2. The van der Waals surface area contributed by atoms with E-state index >= 15 is 0 Å².